The van der Waals surface area contributed by atoms with Gasteiger partial charge in [-0.2, -0.15) is 0 Å². The third-order valence-corrected chi connectivity index (χ3v) is 3.49. The van der Waals surface area contributed by atoms with E-state index in [0.29, 0.717) is 6.04 Å². The summed E-state index contributed by atoms with van der Waals surface area (Å²) in [6.45, 7) is 7.10. The molecule has 1 aliphatic heterocycles. The van der Waals surface area contributed by atoms with Crippen molar-refractivity contribution in [2.45, 2.75) is 64.5 Å². The van der Waals surface area contributed by atoms with Crippen molar-refractivity contribution >= 4 is 0 Å². The molecule has 2 nitrogen and oxygen atoms in total. The summed E-state index contributed by atoms with van der Waals surface area (Å²) in [7, 11) is 0. The molecule has 2 atom stereocenters. The summed E-state index contributed by atoms with van der Waals surface area (Å²) < 4.78 is 0. The fourth-order valence-corrected chi connectivity index (χ4v) is 2.25. The average molecular weight is 198 g/mol. The number of rotatable bonds is 5. The molecule has 1 saturated heterocycles. The first kappa shape index (κ1) is 12.0. The minimum atomic E-state index is 0.426. The molecule has 0 aliphatic carbocycles. The molecular weight excluding hydrogens is 172 g/mol. The predicted molar refractivity (Wildman–Crippen MR) is 62.4 cm³/mol. The van der Waals surface area contributed by atoms with Gasteiger partial charge in [0.2, 0.25) is 0 Å². The normalized spacial score (nSPS) is 26.4. The van der Waals surface area contributed by atoms with Crippen LogP contribution in [-0.4, -0.2) is 30.1 Å². The maximum absolute atomic E-state index is 5.90. The van der Waals surface area contributed by atoms with Crippen LogP contribution in [0.3, 0.4) is 0 Å². The van der Waals surface area contributed by atoms with Crippen LogP contribution in [0.5, 0.6) is 0 Å². The lowest BCUT2D eigenvalue weighted by atomic mass is 10.0. The van der Waals surface area contributed by atoms with Crippen molar-refractivity contribution in [3.63, 3.8) is 0 Å². The van der Waals surface area contributed by atoms with Gasteiger partial charge in [-0.15, -0.1) is 0 Å². The van der Waals surface area contributed by atoms with Crippen LogP contribution in [0.2, 0.25) is 0 Å². The molecule has 0 amide bonds. The van der Waals surface area contributed by atoms with Crippen LogP contribution >= 0.6 is 0 Å². The van der Waals surface area contributed by atoms with E-state index in [1.165, 1.54) is 45.2 Å². The van der Waals surface area contributed by atoms with Gasteiger partial charge in [-0.3, -0.25) is 0 Å². The molecule has 0 aromatic carbocycles. The quantitative estimate of drug-likeness (QED) is 0.735. The molecule has 1 heterocycles. The van der Waals surface area contributed by atoms with Gasteiger partial charge in [0.1, 0.15) is 0 Å². The van der Waals surface area contributed by atoms with Gasteiger partial charge in [0.05, 0.1) is 0 Å². The molecule has 2 heteroatoms. The van der Waals surface area contributed by atoms with Crippen LogP contribution < -0.4 is 5.73 Å². The second-order valence-electron chi connectivity index (χ2n) is 4.69. The lowest BCUT2D eigenvalue weighted by Crippen LogP contribution is -2.38. The number of likely N-dealkylation sites (tertiary alicyclic amines) is 1. The van der Waals surface area contributed by atoms with E-state index in [9.17, 15) is 0 Å². The van der Waals surface area contributed by atoms with E-state index in [1.807, 2.05) is 0 Å². The van der Waals surface area contributed by atoms with Crippen LogP contribution in [0.4, 0.5) is 0 Å². The van der Waals surface area contributed by atoms with E-state index >= 15 is 0 Å². The molecule has 0 radical (unpaired) electrons. The van der Waals surface area contributed by atoms with Crippen LogP contribution in [0.15, 0.2) is 0 Å². The molecule has 14 heavy (non-hydrogen) atoms. The van der Waals surface area contributed by atoms with Crippen molar-refractivity contribution in [1.82, 2.24) is 4.90 Å². The van der Waals surface area contributed by atoms with E-state index in [4.69, 9.17) is 5.73 Å². The third kappa shape index (κ3) is 3.97. The summed E-state index contributed by atoms with van der Waals surface area (Å²) in [6, 6.07) is 1.23. The van der Waals surface area contributed by atoms with Crippen molar-refractivity contribution in [3.05, 3.63) is 0 Å². The molecular formula is C12H26N2. The highest BCUT2D eigenvalue weighted by atomic mass is 15.1. The Labute approximate surface area is 88.8 Å². The van der Waals surface area contributed by atoms with Crippen molar-refractivity contribution in [2.75, 3.05) is 13.1 Å². The minimum absolute atomic E-state index is 0.426. The molecule has 0 aromatic heterocycles. The van der Waals surface area contributed by atoms with Gasteiger partial charge < -0.3 is 10.6 Å². The number of piperidine rings is 1. The molecule has 2 unspecified atom stereocenters. The summed E-state index contributed by atoms with van der Waals surface area (Å²) in [4.78, 5) is 2.63. The Bertz CT molecular complexity index is 147. The Balaban J connectivity index is 2.10. The maximum atomic E-state index is 5.90. The van der Waals surface area contributed by atoms with Gasteiger partial charge in [-0.05, 0) is 52.1 Å². The van der Waals surface area contributed by atoms with Crippen LogP contribution in [0.25, 0.3) is 0 Å². The third-order valence-electron chi connectivity index (χ3n) is 3.49. The Kier molecular flexibility index (Phi) is 5.49. The zero-order valence-electron chi connectivity index (χ0n) is 9.84. The van der Waals surface area contributed by atoms with Crippen molar-refractivity contribution < 1.29 is 0 Å². The van der Waals surface area contributed by atoms with Gasteiger partial charge >= 0.3 is 0 Å². The van der Waals surface area contributed by atoms with Crippen molar-refractivity contribution in [2.24, 2.45) is 5.73 Å². The Morgan fingerprint density at radius 3 is 2.86 bits per heavy atom. The van der Waals surface area contributed by atoms with Gasteiger partial charge in [-0.1, -0.05) is 13.3 Å². The summed E-state index contributed by atoms with van der Waals surface area (Å²) in [5, 5.41) is 0. The van der Waals surface area contributed by atoms with Crippen molar-refractivity contribution in [1.29, 1.82) is 0 Å². The Morgan fingerprint density at radius 1 is 1.43 bits per heavy atom. The lowest BCUT2D eigenvalue weighted by molar-refractivity contribution is 0.157. The lowest BCUT2D eigenvalue weighted by Gasteiger charge is -2.33. The van der Waals surface area contributed by atoms with Gasteiger partial charge in [0, 0.05) is 12.1 Å². The number of nitrogens with two attached hydrogens (primary N) is 1. The summed E-state index contributed by atoms with van der Waals surface area (Å²) in [6.07, 6.45) is 7.80. The SMILES string of the molecule is CCC(N)CCCN1CCCCC1C. The van der Waals surface area contributed by atoms with Gasteiger partial charge in [0.25, 0.3) is 0 Å². The maximum Gasteiger partial charge on any atom is 0.00669 e. The topological polar surface area (TPSA) is 29.3 Å². The fourth-order valence-electron chi connectivity index (χ4n) is 2.25. The molecule has 0 spiro atoms. The molecule has 0 bridgehead atoms. The average Bonchev–Trinajstić information content (AvgIpc) is 2.20. The zero-order chi connectivity index (χ0) is 10.4. The first-order valence-corrected chi connectivity index (χ1v) is 6.23. The molecule has 1 fully saturated rings. The highest BCUT2D eigenvalue weighted by molar-refractivity contribution is 4.73. The smallest absolute Gasteiger partial charge is 0.00669 e. The van der Waals surface area contributed by atoms with E-state index in [2.05, 4.69) is 18.7 Å². The summed E-state index contributed by atoms with van der Waals surface area (Å²) in [5.74, 6) is 0. The molecule has 84 valence electrons. The minimum Gasteiger partial charge on any atom is -0.328 e. The Morgan fingerprint density at radius 2 is 2.21 bits per heavy atom. The highest BCUT2D eigenvalue weighted by Gasteiger charge is 2.17. The first-order chi connectivity index (χ1) is 6.74. The molecule has 2 N–H and O–H groups in total. The van der Waals surface area contributed by atoms with E-state index in [-0.39, 0.29) is 0 Å². The molecule has 1 aliphatic rings. The molecule has 0 saturated carbocycles. The van der Waals surface area contributed by atoms with E-state index in [0.717, 1.165) is 12.5 Å². The predicted octanol–water partition coefficient (Wildman–Crippen LogP) is 2.38. The Hall–Kier alpha value is -0.0800. The fraction of sp³-hybridized carbons (Fsp3) is 1.00. The monoisotopic (exact) mass is 198 g/mol. The highest BCUT2D eigenvalue weighted by Crippen LogP contribution is 2.16. The van der Waals surface area contributed by atoms with E-state index in [1.54, 1.807) is 0 Å². The largest absolute Gasteiger partial charge is 0.328 e. The van der Waals surface area contributed by atoms with Crippen molar-refractivity contribution in [3.8, 4) is 0 Å². The number of hydrogen-bond acceptors (Lipinski definition) is 2. The standard InChI is InChI=1S/C12H26N2/c1-3-12(13)8-6-10-14-9-5-4-7-11(14)2/h11-12H,3-10,13H2,1-2H3. The molecule has 0 aromatic rings. The van der Waals surface area contributed by atoms with Crippen LogP contribution in [0, 0.1) is 0 Å². The number of nitrogens with zero attached hydrogens (tertiary/aromatic N) is 1. The summed E-state index contributed by atoms with van der Waals surface area (Å²) in [5.41, 5.74) is 5.90. The second kappa shape index (κ2) is 6.41. The van der Waals surface area contributed by atoms with Crippen LogP contribution in [-0.2, 0) is 0 Å². The summed E-state index contributed by atoms with van der Waals surface area (Å²) >= 11 is 0. The van der Waals surface area contributed by atoms with E-state index < -0.39 is 0 Å². The van der Waals surface area contributed by atoms with Gasteiger partial charge in [-0.25, -0.2) is 0 Å². The molecule has 1 rings (SSSR count). The second-order valence-corrected chi connectivity index (χ2v) is 4.69. The number of hydrogen-bond donors (Lipinski definition) is 1. The zero-order valence-corrected chi connectivity index (χ0v) is 9.84. The van der Waals surface area contributed by atoms with Crippen LogP contribution in [0.1, 0.15) is 52.4 Å². The van der Waals surface area contributed by atoms with Gasteiger partial charge in [0.15, 0.2) is 0 Å². The first-order valence-electron chi connectivity index (χ1n) is 6.23.